The highest BCUT2D eigenvalue weighted by molar-refractivity contribution is 5.86. The van der Waals surface area contributed by atoms with Crippen LogP contribution in [0.1, 0.15) is 10.5 Å². The fourth-order valence-corrected chi connectivity index (χ4v) is 0.616. The van der Waals surface area contributed by atoms with Gasteiger partial charge in [0.2, 0.25) is 0 Å². The molecule has 0 aliphatic rings. The Morgan fingerprint density at radius 2 is 2.45 bits per heavy atom. The maximum atomic E-state index is 10.8. The first kappa shape index (κ1) is 7.68. The van der Waals surface area contributed by atoms with Crippen molar-refractivity contribution in [2.45, 2.75) is 0 Å². The molecule has 0 spiro atoms. The van der Waals surface area contributed by atoms with Gasteiger partial charge in [0.05, 0.1) is 0 Å². The topological polar surface area (TPSA) is 59.4 Å². The fourth-order valence-electron chi connectivity index (χ4n) is 0.616. The molecular formula is C7H7NO3. The minimum absolute atomic E-state index is 0.196. The maximum Gasteiger partial charge on any atom is 0.359 e. The van der Waals surface area contributed by atoms with Gasteiger partial charge in [0.1, 0.15) is 5.69 Å². The van der Waals surface area contributed by atoms with Gasteiger partial charge in [0.15, 0.2) is 6.79 Å². The van der Waals surface area contributed by atoms with Gasteiger partial charge in [-0.1, -0.05) is 6.07 Å². The van der Waals surface area contributed by atoms with Crippen molar-refractivity contribution in [2.24, 2.45) is 0 Å². The van der Waals surface area contributed by atoms with E-state index in [4.69, 9.17) is 5.11 Å². The molecule has 1 aromatic rings. The number of rotatable bonds is 2. The van der Waals surface area contributed by atoms with Gasteiger partial charge in [-0.15, -0.1) is 0 Å². The highest BCUT2D eigenvalue weighted by atomic mass is 16.6. The lowest BCUT2D eigenvalue weighted by atomic mass is 10.4. The Morgan fingerprint density at radius 3 is 3.00 bits per heavy atom. The third-order valence-corrected chi connectivity index (χ3v) is 1.07. The molecule has 11 heavy (non-hydrogen) atoms. The number of aromatic nitrogens is 1. The van der Waals surface area contributed by atoms with Crippen molar-refractivity contribution in [2.75, 3.05) is 6.79 Å². The van der Waals surface area contributed by atoms with Crippen molar-refractivity contribution in [3.8, 4) is 0 Å². The molecule has 0 amide bonds. The zero-order chi connectivity index (χ0) is 8.10. The molecule has 0 bridgehead atoms. The van der Waals surface area contributed by atoms with E-state index in [9.17, 15) is 4.79 Å². The van der Waals surface area contributed by atoms with Crippen molar-refractivity contribution in [3.05, 3.63) is 30.1 Å². The number of hydrogen-bond donors (Lipinski definition) is 1. The molecule has 1 rings (SSSR count). The summed E-state index contributed by atoms with van der Waals surface area (Å²) in [7, 11) is 0. The molecule has 1 N–H and O–H groups in total. The monoisotopic (exact) mass is 153 g/mol. The molecule has 0 unspecified atom stereocenters. The summed E-state index contributed by atoms with van der Waals surface area (Å²) in [5.41, 5.74) is 0.196. The van der Waals surface area contributed by atoms with Crippen LogP contribution in [0.3, 0.4) is 0 Å². The highest BCUT2D eigenvalue weighted by Gasteiger charge is 2.05. The first-order chi connectivity index (χ1) is 5.34. The molecule has 0 radical (unpaired) electrons. The number of nitrogens with zero attached hydrogens (tertiary/aromatic N) is 1. The Morgan fingerprint density at radius 1 is 1.64 bits per heavy atom. The summed E-state index contributed by atoms with van der Waals surface area (Å²) in [6.07, 6.45) is 1.48. The van der Waals surface area contributed by atoms with E-state index < -0.39 is 12.8 Å². The van der Waals surface area contributed by atoms with E-state index >= 15 is 0 Å². The second-order valence-electron chi connectivity index (χ2n) is 1.78. The van der Waals surface area contributed by atoms with Gasteiger partial charge < -0.3 is 9.84 Å². The van der Waals surface area contributed by atoms with Crippen LogP contribution in [0, 0.1) is 0 Å². The molecule has 4 heteroatoms. The van der Waals surface area contributed by atoms with Crippen LogP contribution in [0.4, 0.5) is 0 Å². The molecule has 0 saturated carbocycles. The second-order valence-corrected chi connectivity index (χ2v) is 1.78. The van der Waals surface area contributed by atoms with Gasteiger partial charge in [-0.2, -0.15) is 0 Å². The molecule has 58 valence electrons. The summed E-state index contributed by atoms with van der Waals surface area (Å²) in [5, 5.41) is 8.23. The van der Waals surface area contributed by atoms with Gasteiger partial charge in [-0.25, -0.2) is 9.78 Å². The third-order valence-electron chi connectivity index (χ3n) is 1.07. The van der Waals surface area contributed by atoms with E-state index in [1.54, 1.807) is 12.1 Å². The molecule has 0 aliphatic heterocycles. The van der Waals surface area contributed by atoms with Crippen molar-refractivity contribution in [3.63, 3.8) is 0 Å². The number of aliphatic hydroxyl groups excluding tert-OH is 1. The third kappa shape index (κ3) is 2.01. The number of esters is 1. The smallest absolute Gasteiger partial charge is 0.359 e. The van der Waals surface area contributed by atoms with Gasteiger partial charge in [-0.3, -0.25) is 0 Å². The molecule has 0 fully saturated rings. The normalized spacial score (nSPS) is 9.18. The molecule has 1 heterocycles. The lowest BCUT2D eigenvalue weighted by Gasteiger charge is -1.97. The predicted octanol–water partition coefficient (Wildman–Crippen LogP) is 0.188. The van der Waals surface area contributed by atoms with Crippen molar-refractivity contribution < 1.29 is 14.6 Å². The van der Waals surface area contributed by atoms with Crippen LogP contribution in [0.15, 0.2) is 24.4 Å². The summed E-state index contributed by atoms with van der Waals surface area (Å²) in [5.74, 6) is -0.617. The van der Waals surface area contributed by atoms with Gasteiger partial charge in [0, 0.05) is 6.20 Å². The Balaban J connectivity index is 2.69. The van der Waals surface area contributed by atoms with Crippen molar-refractivity contribution >= 4 is 5.97 Å². The lowest BCUT2D eigenvalue weighted by molar-refractivity contribution is 0.00624. The van der Waals surface area contributed by atoms with Crippen LogP contribution in [0.2, 0.25) is 0 Å². The Bertz CT molecular complexity index is 235. The van der Waals surface area contributed by atoms with Crippen LogP contribution >= 0.6 is 0 Å². The first-order valence-electron chi connectivity index (χ1n) is 3.03. The second kappa shape index (κ2) is 3.68. The number of aliphatic hydroxyl groups is 1. The van der Waals surface area contributed by atoms with E-state index in [0.29, 0.717) is 0 Å². The van der Waals surface area contributed by atoms with Crippen LogP contribution in [0.25, 0.3) is 0 Å². The standard InChI is InChI=1S/C7H7NO3/c9-5-11-7(10)6-3-1-2-4-8-6/h1-4,9H,5H2. The molecule has 0 atom stereocenters. The van der Waals surface area contributed by atoms with Gasteiger partial charge >= 0.3 is 5.97 Å². The first-order valence-corrected chi connectivity index (χ1v) is 3.03. The molecule has 4 nitrogen and oxygen atoms in total. The van der Waals surface area contributed by atoms with E-state index in [1.165, 1.54) is 12.3 Å². The molecule has 0 aliphatic carbocycles. The number of carbonyl (C=O) groups excluding carboxylic acids is 1. The SMILES string of the molecule is O=C(OCO)c1ccccn1. The summed E-state index contributed by atoms with van der Waals surface area (Å²) in [6.45, 7) is -0.616. The highest BCUT2D eigenvalue weighted by Crippen LogP contribution is 1.94. The number of hydrogen-bond acceptors (Lipinski definition) is 4. The summed E-state index contributed by atoms with van der Waals surface area (Å²) < 4.78 is 4.28. The van der Waals surface area contributed by atoms with Crippen LogP contribution in [-0.2, 0) is 4.74 Å². The van der Waals surface area contributed by atoms with E-state index in [2.05, 4.69) is 9.72 Å². The predicted molar refractivity (Wildman–Crippen MR) is 36.7 cm³/mol. The van der Waals surface area contributed by atoms with Gasteiger partial charge in [0.25, 0.3) is 0 Å². The minimum Gasteiger partial charge on any atom is -0.434 e. The zero-order valence-corrected chi connectivity index (χ0v) is 5.73. The zero-order valence-electron chi connectivity index (χ0n) is 5.73. The largest absolute Gasteiger partial charge is 0.434 e. The number of pyridine rings is 1. The number of ether oxygens (including phenoxy) is 1. The molecule has 0 aromatic carbocycles. The fraction of sp³-hybridized carbons (Fsp3) is 0.143. The average molecular weight is 153 g/mol. The summed E-state index contributed by atoms with van der Waals surface area (Å²) >= 11 is 0. The molecule has 0 saturated heterocycles. The van der Waals surface area contributed by atoms with Crippen LogP contribution in [-0.4, -0.2) is 22.9 Å². The van der Waals surface area contributed by atoms with E-state index in [-0.39, 0.29) is 5.69 Å². The Kier molecular flexibility index (Phi) is 2.57. The van der Waals surface area contributed by atoms with Crippen molar-refractivity contribution in [1.29, 1.82) is 0 Å². The lowest BCUT2D eigenvalue weighted by Crippen LogP contribution is -2.07. The molecule has 1 aromatic heterocycles. The Hall–Kier alpha value is -1.42. The van der Waals surface area contributed by atoms with Crippen molar-refractivity contribution in [1.82, 2.24) is 4.98 Å². The van der Waals surface area contributed by atoms with E-state index in [1.807, 2.05) is 0 Å². The summed E-state index contributed by atoms with van der Waals surface area (Å²) in [4.78, 5) is 14.5. The van der Waals surface area contributed by atoms with Gasteiger partial charge in [-0.05, 0) is 12.1 Å². The van der Waals surface area contributed by atoms with Crippen LogP contribution < -0.4 is 0 Å². The number of carbonyl (C=O) groups is 1. The minimum atomic E-state index is -0.617. The average Bonchev–Trinajstić information content (AvgIpc) is 2.07. The summed E-state index contributed by atoms with van der Waals surface area (Å²) in [6, 6.07) is 4.87. The maximum absolute atomic E-state index is 10.8. The van der Waals surface area contributed by atoms with Crippen LogP contribution in [0.5, 0.6) is 0 Å². The quantitative estimate of drug-likeness (QED) is 0.486. The molecular weight excluding hydrogens is 146 g/mol. The Labute approximate surface area is 63.5 Å². The van der Waals surface area contributed by atoms with E-state index in [0.717, 1.165) is 0 Å².